The Hall–Kier alpha value is -1.65. The monoisotopic (exact) mass is 245 g/mol. The Kier molecular flexibility index (Phi) is 4.12. The molecule has 18 heavy (non-hydrogen) atoms. The van der Waals surface area contributed by atoms with Crippen LogP contribution in [0.1, 0.15) is 12.6 Å². The van der Waals surface area contributed by atoms with Crippen molar-refractivity contribution >= 4 is 16.6 Å². The van der Waals surface area contributed by atoms with Gasteiger partial charge in [-0.2, -0.15) is 0 Å². The Balaban J connectivity index is 2.34. The molecule has 96 valence electrons. The van der Waals surface area contributed by atoms with Crippen molar-refractivity contribution in [1.29, 1.82) is 0 Å². The zero-order chi connectivity index (χ0) is 13.0. The van der Waals surface area contributed by atoms with E-state index in [0.29, 0.717) is 6.54 Å². The van der Waals surface area contributed by atoms with Crippen molar-refractivity contribution < 1.29 is 4.74 Å². The summed E-state index contributed by atoms with van der Waals surface area (Å²) in [7, 11) is 1.71. The number of anilines is 1. The Labute approximate surface area is 107 Å². The molecule has 0 saturated heterocycles. The first-order valence-electron chi connectivity index (χ1n) is 6.10. The molecule has 0 saturated carbocycles. The highest BCUT2D eigenvalue weighted by Crippen LogP contribution is 2.23. The van der Waals surface area contributed by atoms with Crippen LogP contribution in [0.4, 0.5) is 5.69 Å². The molecular weight excluding hydrogens is 226 g/mol. The van der Waals surface area contributed by atoms with E-state index in [0.717, 1.165) is 28.8 Å². The summed E-state index contributed by atoms with van der Waals surface area (Å²) >= 11 is 0. The number of benzene rings is 1. The second-order valence-electron chi connectivity index (χ2n) is 4.31. The number of nitrogens with zero attached hydrogens (tertiary/aromatic N) is 1. The van der Waals surface area contributed by atoms with Crippen LogP contribution in [0.25, 0.3) is 10.9 Å². The number of methoxy groups -OCH3 is 1. The number of para-hydroxylation sites is 1. The van der Waals surface area contributed by atoms with Gasteiger partial charge >= 0.3 is 0 Å². The molecule has 0 fully saturated rings. The highest BCUT2D eigenvalue weighted by Gasteiger charge is 2.06. The van der Waals surface area contributed by atoms with E-state index in [1.165, 1.54) is 0 Å². The number of pyridine rings is 1. The van der Waals surface area contributed by atoms with Crippen molar-refractivity contribution in [3.05, 3.63) is 36.0 Å². The third-order valence-electron chi connectivity index (χ3n) is 2.96. The van der Waals surface area contributed by atoms with Gasteiger partial charge in [0.2, 0.25) is 0 Å². The lowest BCUT2D eigenvalue weighted by molar-refractivity contribution is 0.129. The van der Waals surface area contributed by atoms with Crippen LogP contribution in [0.2, 0.25) is 0 Å². The van der Waals surface area contributed by atoms with Crippen LogP contribution in [0, 0.1) is 0 Å². The zero-order valence-corrected chi connectivity index (χ0v) is 10.8. The average Bonchev–Trinajstić information content (AvgIpc) is 2.43. The molecule has 0 amide bonds. The quantitative estimate of drug-likeness (QED) is 0.847. The van der Waals surface area contributed by atoms with Crippen molar-refractivity contribution in [2.75, 3.05) is 19.0 Å². The minimum atomic E-state index is 0.165. The Morgan fingerprint density at radius 1 is 1.39 bits per heavy atom. The number of ether oxygens (including phenoxy) is 1. The lowest BCUT2D eigenvalue weighted by atomic mass is 10.1. The maximum Gasteiger partial charge on any atom is 0.0726 e. The standard InChI is InChI=1S/C14H19N3O/c1-10(18-2)9-16-14-7-11(8-15)17-13-6-4-3-5-12(13)14/h3-7,10H,8-9,15H2,1-2H3,(H,16,17). The van der Waals surface area contributed by atoms with E-state index in [-0.39, 0.29) is 6.10 Å². The molecule has 1 aromatic heterocycles. The second-order valence-corrected chi connectivity index (χ2v) is 4.31. The fourth-order valence-electron chi connectivity index (χ4n) is 1.82. The van der Waals surface area contributed by atoms with Crippen LogP contribution >= 0.6 is 0 Å². The van der Waals surface area contributed by atoms with Crippen LogP contribution in [0.3, 0.4) is 0 Å². The first-order valence-corrected chi connectivity index (χ1v) is 6.10. The summed E-state index contributed by atoms with van der Waals surface area (Å²) in [5.74, 6) is 0. The Bertz CT molecular complexity index is 527. The highest BCUT2D eigenvalue weighted by atomic mass is 16.5. The molecule has 2 rings (SSSR count). The van der Waals surface area contributed by atoms with E-state index in [1.807, 2.05) is 31.2 Å². The number of nitrogens with two attached hydrogens (primary N) is 1. The second kappa shape index (κ2) is 5.80. The number of rotatable bonds is 5. The summed E-state index contributed by atoms with van der Waals surface area (Å²) in [6, 6.07) is 10.1. The summed E-state index contributed by atoms with van der Waals surface area (Å²) in [6.07, 6.45) is 0.165. The highest BCUT2D eigenvalue weighted by molar-refractivity contribution is 5.91. The van der Waals surface area contributed by atoms with Crippen LogP contribution in [0.15, 0.2) is 30.3 Å². The Morgan fingerprint density at radius 3 is 2.89 bits per heavy atom. The summed E-state index contributed by atoms with van der Waals surface area (Å²) in [6.45, 7) is 3.23. The van der Waals surface area contributed by atoms with Crippen LogP contribution < -0.4 is 11.1 Å². The third kappa shape index (κ3) is 2.78. The summed E-state index contributed by atoms with van der Waals surface area (Å²) in [5.41, 5.74) is 8.59. The van der Waals surface area contributed by atoms with Gasteiger partial charge in [0.05, 0.1) is 17.3 Å². The number of hydrogen-bond donors (Lipinski definition) is 2. The van der Waals surface area contributed by atoms with Gasteiger partial charge in [-0.1, -0.05) is 18.2 Å². The van der Waals surface area contributed by atoms with Crippen LogP contribution in [-0.4, -0.2) is 24.7 Å². The van der Waals surface area contributed by atoms with Gasteiger partial charge in [0.15, 0.2) is 0 Å². The minimum Gasteiger partial charge on any atom is -0.382 e. The molecule has 0 spiro atoms. The fourth-order valence-corrected chi connectivity index (χ4v) is 1.82. The maximum atomic E-state index is 5.68. The topological polar surface area (TPSA) is 60.2 Å². The van der Waals surface area contributed by atoms with Gasteiger partial charge in [-0.15, -0.1) is 0 Å². The molecule has 0 bridgehead atoms. The molecule has 1 atom stereocenters. The van der Waals surface area contributed by atoms with Crippen molar-refractivity contribution in [1.82, 2.24) is 4.98 Å². The molecule has 3 N–H and O–H groups in total. The minimum absolute atomic E-state index is 0.165. The molecule has 0 aliphatic rings. The molecule has 4 nitrogen and oxygen atoms in total. The SMILES string of the molecule is COC(C)CNc1cc(CN)nc2ccccc12. The van der Waals surface area contributed by atoms with Gasteiger partial charge in [-0.05, 0) is 19.1 Å². The van der Waals surface area contributed by atoms with Crippen molar-refractivity contribution in [2.24, 2.45) is 5.73 Å². The van der Waals surface area contributed by atoms with Gasteiger partial charge in [0.25, 0.3) is 0 Å². The number of aromatic nitrogens is 1. The van der Waals surface area contributed by atoms with E-state index in [9.17, 15) is 0 Å². The van der Waals surface area contributed by atoms with E-state index in [4.69, 9.17) is 10.5 Å². The lowest BCUT2D eigenvalue weighted by Crippen LogP contribution is -2.18. The van der Waals surface area contributed by atoms with E-state index in [1.54, 1.807) is 7.11 Å². The predicted molar refractivity (Wildman–Crippen MR) is 74.6 cm³/mol. The molecule has 1 unspecified atom stereocenters. The molecule has 1 heterocycles. The van der Waals surface area contributed by atoms with Gasteiger partial charge in [-0.25, -0.2) is 0 Å². The molecule has 0 aliphatic carbocycles. The molecule has 2 aromatic rings. The predicted octanol–water partition coefficient (Wildman–Crippen LogP) is 2.14. The molecular formula is C14H19N3O. The summed E-state index contributed by atoms with van der Waals surface area (Å²) in [5, 5.41) is 4.50. The largest absolute Gasteiger partial charge is 0.382 e. The number of hydrogen-bond acceptors (Lipinski definition) is 4. The molecule has 1 aromatic carbocycles. The maximum absolute atomic E-state index is 5.68. The molecule has 0 radical (unpaired) electrons. The molecule has 0 aliphatic heterocycles. The smallest absolute Gasteiger partial charge is 0.0726 e. The first kappa shape index (κ1) is 12.8. The van der Waals surface area contributed by atoms with Crippen molar-refractivity contribution in [3.8, 4) is 0 Å². The Morgan fingerprint density at radius 2 is 2.17 bits per heavy atom. The first-order chi connectivity index (χ1) is 8.74. The number of fused-ring (bicyclic) bond motifs is 1. The van der Waals surface area contributed by atoms with Crippen molar-refractivity contribution in [2.45, 2.75) is 19.6 Å². The van der Waals surface area contributed by atoms with Gasteiger partial charge < -0.3 is 15.8 Å². The van der Waals surface area contributed by atoms with Gasteiger partial charge in [-0.3, -0.25) is 4.98 Å². The van der Waals surface area contributed by atoms with Gasteiger partial charge in [0, 0.05) is 31.3 Å². The third-order valence-corrected chi connectivity index (χ3v) is 2.96. The summed E-state index contributed by atoms with van der Waals surface area (Å²) in [4.78, 5) is 4.51. The van der Waals surface area contributed by atoms with E-state index < -0.39 is 0 Å². The number of nitrogens with one attached hydrogen (secondary N) is 1. The lowest BCUT2D eigenvalue weighted by Gasteiger charge is -2.14. The van der Waals surface area contributed by atoms with Gasteiger partial charge in [0.1, 0.15) is 0 Å². The van der Waals surface area contributed by atoms with E-state index >= 15 is 0 Å². The normalized spacial score (nSPS) is 12.6. The average molecular weight is 245 g/mol. The zero-order valence-electron chi connectivity index (χ0n) is 10.8. The fraction of sp³-hybridized carbons (Fsp3) is 0.357. The van der Waals surface area contributed by atoms with Crippen molar-refractivity contribution in [3.63, 3.8) is 0 Å². The summed E-state index contributed by atoms with van der Waals surface area (Å²) < 4.78 is 5.24. The van der Waals surface area contributed by atoms with E-state index in [2.05, 4.69) is 16.4 Å². The molecule has 4 heteroatoms. The van der Waals surface area contributed by atoms with Crippen LogP contribution in [-0.2, 0) is 11.3 Å². The van der Waals surface area contributed by atoms with Crippen LogP contribution in [0.5, 0.6) is 0 Å².